The minimum atomic E-state index is -3.44. The maximum absolute atomic E-state index is 12.5. The van der Waals surface area contributed by atoms with Crippen molar-refractivity contribution in [3.05, 3.63) is 42.5 Å². The Morgan fingerprint density at radius 2 is 1.73 bits per heavy atom. The monoisotopic (exact) mass is 319 g/mol. The molecule has 2 aromatic carbocycles. The van der Waals surface area contributed by atoms with E-state index in [0.29, 0.717) is 4.90 Å². The van der Waals surface area contributed by atoms with E-state index in [-0.39, 0.29) is 6.04 Å². The molecule has 22 heavy (non-hydrogen) atoms. The van der Waals surface area contributed by atoms with E-state index in [9.17, 15) is 8.42 Å². The quantitative estimate of drug-likeness (QED) is 0.729. The lowest BCUT2D eigenvalue weighted by Gasteiger charge is -2.14. The second kappa shape index (κ2) is 7.75. The number of benzene rings is 2. The average Bonchev–Trinajstić information content (AvgIpc) is 2.50. The summed E-state index contributed by atoms with van der Waals surface area (Å²) in [5.74, 6) is 0. The van der Waals surface area contributed by atoms with Crippen molar-refractivity contribution in [1.29, 1.82) is 0 Å². The van der Waals surface area contributed by atoms with Crippen LogP contribution in [0.3, 0.4) is 0 Å². The Morgan fingerprint density at radius 3 is 2.45 bits per heavy atom. The van der Waals surface area contributed by atoms with Gasteiger partial charge in [-0.05, 0) is 36.2 Å². The van der Waals surface area contributed by atoms with Crippen LogP contribution in [0.15, 0.2) is 47.4 Å². The zero-order valence-electron chi connectivity index (χ0n) is 13.4. The zero-order valence-corrected chi connectivity index (χ0v) is 14.2. The molecule has 2 aromatic rings. The molecule has 120 valence electrons. The Kier molecular flexibility index (Phi) is 5.98. The summed E-state index contributed by atoms with van der Waals surface area (Å²) < 4.78 is 27.7. The number of unbranched alkanes of at least 4 members (excludes halogenated alkanes) is 3. The maximum atomic E-state index is 12.5. The van der Waals surface area contributed by atoms with E-state index in [0.717, 1.165) is 23.6 Å². The summed E-state index contributed by atoms with van der Waals surface area (Å²) in [6, 6.07) is 13.0. The fourth-order valence-corrected chi connectivity index (χ4v) is 3.92. The zero-order chi connectivity index (χ0) is 16.0. The van der Waals surface area contributed by atoms with Crippen LogP contribution in [0.5, 0.6) is 0 Å². The molecule has 0 spiro atoms. The molecule has 1 atom stereocenters. The number of nitrogens with one attached hydrogen (secondary N) is 1. The van der Waals surface area contributed by atoms with Gasteiger partial charge in [0.1, 0.15) is 0 Å². The fourth-order valence-electron chi connectivity index (χ4n) is 2.60. The van der Waals surface area contributed by atoms with E-state index in [2.05, 4.69) is 11.6 Å². The number of rotatable bonds is 8. The van der Waals surface area contributed by atoms with Crippen LogP contribution < -0.4 is 4.72 Å². The molecule has 3 nitrogen and oxygen atoms in total. The first-order chi connectivity index (χ1) is 10.5. The first-order valence-electron chi connectivity index (χ1n) is 8.04. The SMILES string of the molecule is CCCCCCC(C)NS(=O)(=O)c1ccc2ccccc2c1. The van der Waals surface area contributed by atoms with Gasteiger partial charge in [-0.2, -0.15) is 0 Å². The predicted molar refractivity (Wildman–Crippen MR) is 92.5 cm³/mol. The molecule has 0 aliphatic heterocycles. The lowest BCUT2D eigenvalue weighted by Crippen LogP contribution is -2.32. The Morgan fingerprint density at radius 1 is 1.00 bits per heavy atom. The van der Waals surface area contributed by atoms with E-state index in [1.54, 1.807) is 12.1 Å². The van der Waals surface area contributed by atoms with Gasteiger partial charge in [-0.1, -0.05) is 62.9 Å². The van der Waals surface area contributed by atoms with Crippen molar-refractivity contribution in [2.45, 2.75) is 56.9 Å². The highest BCUT2D eigenvalue weighted by atomic mass is 32.2. The van der Waals surface area contributed by atoms with E-state index >= 15 is 0 Å². The molecule has 0 aliphatic rings. The number of hydrogen-bond acceptors (Lipinski definition) is 2. The third kappa shape index (κ3) is 4.55. The van der Waals surface area contributed by atoms with Crippen molar-refractivity contribution in [2.75, 3.05) is 0 Å². The predicted octanol–water partition coefficient (Wildman–Crippen LogP) is 4.48. The van der Waals surface area contributed by atoms with Crippen molar-refractivity contribution in [3.8, 4) is 0 Å². The summed E-state index contributed by atoms with van der Waals surface area (Å²) in [6.07, 6.45) is 5.52. The minimum absolute atomic E-state index is 0.0340. The summed E-state index contributed by atoms with van der Waals surface area (Å²) in [5.41, 5.74) is 0. The molecule has 0 heterocycles. The Balaban J connectivity index is 2.05. The summed E-state index contributed by atoms with van der Waals surface area (Å²) >= 11 is 0. The van der Waals surface area contributed by atoms with Gasteiger partial charge in [0.2, 0.25) is 10.0 Å². The van der Waals surface area contributed by atoms with Gasteiger partial charge in [0.25, 0.3) is 0 Å². The van der Waals surface area contributed by atoms with Crippen LogP contribution in [0, 0.1) is 0 Å². The molecule has 0 radical (unpaired) electrons. The van der Waals surface area contributed by atoms with Gasteiger partial charge in [-0.3, -0.25) is 0 Å². The number of hydrogen-bond donors (Lipinski definition) is 1. The van der Waals surface area contributed by atoms with Crippen molar-refractivity contribution in [2.24, 2.45) is 0 Å². The van der Waals surface area contributed by atoms with Crippen LogP contribution in [0.25, 0.3) is 10.8 Å². The van der Waals surface area contributed by atoms with Crippen molar-refractivity contribution >= 4 is 20.8 Å². The summed E-state index contributed by atoms with van der Waals surface area (Å²) in [7, 11) is -3.44. The highest BCUT2D eigenvalue weighted by Gasteiger charge is 2.17. The van der Waals surface area contributed by atoms with Crippen LogP contribution in [0.4, 0.5) is 0 Å². The summed E-state index contributed by atoms with van der Waals surface area (Å²) in [6.45, 7) is 4.11. The largest absolute Gasteiger partial charge is 0.240 e. The van der Waals surface area contributed by atoms with Crippen LogP contribution in [0.2, 0.25) is 0 Å². The van der Waals surface area contributed by atoms with Gasteiger partial charge >= 0.3 is 0 Å². The molecular weight excluding hydrogens is 294 g/mol. The molecule has 0 aliphatic carbocycles. The van der Waals surface area contributed by atoms with Crippen molar-refractivity contribution in [1.82, 2.24) is 4.72 Å². The Labute approximate surface area is 133 Å². The van der Waals surface area contributed by atoms with Gasteiger partial charge in [0.15, 0.2) is 0 Å². The normalized spacial score (nSPS) is 13.4. The van der Waals surface area contributed by atoms with E-state index in [4.69, 9.17) is 0 Å². The minimum Gasteiger partial charge on any atom is -0.208 e. The van der Waals surface area contributed by atoms with E-state index in [1.165, 1.54) is 19.3 Å². The van der Waals surface area contributed by atoms with E-state index < -0.39 is 10.0 Å². The molecule has 1 unspecified atom stereocenters. The molecule has 0 amide bonds. The highest BCUT2D eigenvalue weighted by molar-refractivity contribution is 7.89. The first-order valence-corrected chi connectivity index (χ1v) is 9.52. The second-order valence-corrected chi connectivity index (χ2v) is 7.59. The molecule has 0 bridgehead atoms. The highest BCUT2D eigenvalue weighted by Crippen LogP contribution is 2.19. The van der Waals surface area contributed by atoms with Crippen LogP contribution in [-0.4, -0.2) is 14.5 Å². The molecular formula is C18H25NO2S. The van der Waals surface area contributed by atoms with Crippen LogP contribution in [-0.2, 0) is 10.0 Å². The second-order valence-electron chi connectivity index (χ2n) is 5.88. The van der Waals surface area contributed by atoms with Gasteiger partial charge in [-0.15, -0.1) is 0 Å². The summed E-state index contributed by atoms with van der Waals surface area (Å²) in [5, 5.41) is 2.00. The summed E-state index contributed by atoms with van der Waals surface area (Å²) in [4.78, 5) is 0.339. The van der Waals surface area contributed by atoms with Gasteiger partial charge in [0.05, 0.1) is 4.90 Å². The average molecular weight is 319 g/mol. The molecule has 0 aromatic heterocycles. The standard InChI is InChI=1S/C18H25NO2S/c1-3-4-5-6-9-15(2)19-22(20,21)18-13-12-16-10-7-8-11-17(16)14-18/h7-8,10-15,19H,3-6,9H2,1-2H3. The molecule has 0 saturated carbocycles. The number of fused-ring (bicyclic) bond motifs is 1. The third-order valence-electron chi connectivity index (χ3n) is 3.88. The van der Waals surface area contributed by atoms with Crippen molar-refractivity contribution < 1.29 is 8.42 Å². The van der Waals surface area contributed by atoms with Gasteiger partial charge < -0.3 is 0 Å². The molecule has 0 saturated heterocycles. The third-order valence-corrected chi connectivity index (χ3v) is 5.47. The number of sulfonamides is 1. The lowest BCUT2D eigenvalue weighted by molar-refractivity contribution is 0.522. The topological polar surface area (TPSA) is 46.2 Å². The lowest BCUT2D eigenvalue weighted by atomic mass is 10.1. The first kappa shape index (κ1) is 17.0. The van der Waals surface area contributed by atoms with Crippen LogP contribution in [0.1, 0.15) is 46.0 Å². The maximum Gasteiger partial charge on any atom is 0.240 e. The molecule has 1 N–H and O–H groups in total. The van der Waals surface area contributed by atoms with Gasteiger partial charge in [-0.25, -0.2) is 13.1 Å². The van der Waals surface area contributed by atoms with Crippen molar-refractivity contribution in [3.63, 3.8) is 0 Å². The smallest absolute Gasteiger partial charge is 0.208 e. The van der Waals surface area contributed by atoms with Gasteiger partial charge in [0, 0.05) is 6.04 Å². The van der Waals surface area contributed by atoms with E-state index in [1.807, 2.05) is 37.3 Å². The molecule has 2 rings (SSSR count). The Hall–Kier alpha value is -1.39. The Bertz CT molecular complexity index is 710. The fraction of sp³-hybridized carbons (Fsp3) is 0.444. The molecule has 4 heteroatoms. The van der Waals surface area contributed by atoms with Crippen LogP contribution >= 0.6 is 0 Å². The molecule has 0 fully saturated rings.